The van der Waals surface area contributed by atoms with Crippen LogP contribution in [0.5, 0.6) is 0 Å². The maximum absolute atomic E-state index is 13.0. The molecule has 2 unspecified atom stereocenters. The van der Waals surface area contributed by atoms with Crippen molar-refractivity contribution in [2.75, 3.05) is 0 Å². The first kappa shape index (κ1) is 15.6. The number of rotatable bonds is 5. The molecule has 0 saturated carbocycles. The van der Waals surface area contributed by atoms with Gasteiger partial charge in [0.25, 0.3) is 0 Å². The van der Waals surface area contributed by atoms with Gasteiger partial charge in [0.2, 0.25) is 0 Å². The minimum atomic E-state index is -0.446. The lowest BCUT2D eigenvalue weighted by molar-refractivity contribution is 0.172. The molecule has 0 spiro atoms. The van der Waals surface area contributed by atoms with Gasteiger partial charge in [-0.25, -0.2) is 4.39 Å². The van der Waals surface area contributed by atoms with Crippen molar-refractivity contribution < 1.29 is 9.50 Å². The van der Waals surface area contributed by atoms with E-state index in [1.54, 1.807) is 19.1 Å². The molecule has 0 aliphatic carbocycles. The number of hydrogen-bond donors (Lipinski definition) is 2. The van der Waals surface area contributed by atoms with E-state index in [4.69, 9.17) is 12.2 Å². The molecule has 0 saturated heterocycles. The molecule has 0 bridgehead atoms. The first-order valence-corrected chi connectivity index (χ1v) is 7.26. The quantitative estimate of drug-likeness (QED) is 0.828. The van der Waals surface area contributed by atoms with Crippen molar-refractivity contribution in [3.63, 3.8) is 0 Å². The summed E-state index contributed by atoms with van der Waals surface area (Å²) in [6.45, 7) is 1.75. The number of aliphatic hydroxyl groups is 1. The number of halogens is 1. The van der Waals surface area contributed by atoms with Crippen LogP contribution in [-0.2, 0) is 0 Å². The van der Waals surface area contributed by atoms with Gasteiger partial charge in [-0.1, -0.05) is 42.5 Å². The lowest BCUT2D eigenvalue weighted by Gasteiger charge is -2.22. The Morgan fingerprint density at radius 3 is 2.33 bits per heavy atom. The molecule has 110 valence electrons. The number of hydrogen-bond acceptors (Lipinski definition) is 2. The van der Waals surface area contributed by atoms with Crippen molar-refractivity contribution in [2.24, 2.45) is 0 Å². The average molecular weight is 303 g/mol. The molecule has 4 heteroatoms. The van der Waals surface area contributed by atoms with E-state index >= 15 is 0 Å². The summed E-state index contributed by atoms with van der Waals surface area (Å²) in [6.07, 6.45) is 0.101. The van der Waals surface area contributed by atoms with E-state index in [0.717, 1.165) is 11.1 Å². The van der Waals surface area contributed by atoms with Crippen LogP contribution in [0.2, 0.25) is 0 Å². The zero-order valence-corrected chi connectivity index (χ0v) is 12.6. The Bertz CT molecular complexity index is 583. The Balaban J connectivity index is 2.15. The molecule has 2 aromatic rings. The Labute approximate surface area is 129 Å². The van der Waals surface area contributed by atoms with Gasteiger partial charge in [0, 0.05) is 5.56 Å². The van der Waals surface area contributed by atoms with Gasteiger partial charge < -0.3 is 10.4 Å². The number of benzene rings is 2. The molecule has 0 amide bonds. The highest BCUT2D eigenvalue weighted by Crippen LogP contribution is 2.19. The summed E-state index contributed by atoms with van der Waals surface area (Å²) in [5, 5.41) is 12.9. The van der Waals surface area contributed by atoms with Crippen molar-refractivity contribution in [3.8, 4) is 0 Å². The summed E-state index contributed by atoms with van der Waals surface area (Å²) in [6, 6.07) is 15.8. The Morgan fingerprint density at radius 2 is 1.76 bits per heavy atom. The molecule has 2 N–H and O–H groups in total. The monoisotopic (exact) mass is 303 g/mol. The van der Waals surface area contributed by atoms with Gasteiger partial charge in [0.15, 0.2) is 0 Å². The maximum Gasteiger partial charge on any atom is 0.123 e. The second-order valence-corrected chi connectivity index (χ2v) is 5.44. The molecular weight excluding hydrogens is 285 g/mol. The Morgan fingerprint density at radius 1 is 1.14 bits per heavy atom. The highest BCUT2D eigenvalue weighted by Gasteiger charge is 2.15. The van der Waals surface area contributed by atoms with Gasteiger partial charge in [0.05, 0.1) is 12.1 Å². The summed E-state index contributed by atoms with van der Waals surface area (Å²) in [7, 11) is 0. The van der Waals surface area contributed by atoms with Crippen molar-refractivity contribution >= 4 is 17.2 Å². The molecule has 0 aliphatic rings. The molecule has 2 aromatic carbocycles. The zero-order valence-electron chi connectivity index (χ0n) is 11.8. The van der Waals surface area contributed by atoms with Gasteiger partial charge in [-0.2, -0.15) is 0 Å². The van der Waals surface area contributed by atoms with Gasteiger partial charge in [0.1, 0.15) is 10.8 Å². The van der Waals surface area contributed by atoms with Crippen LogP contribution in [0.25, 0.3) is 0 Å². The SMILES string of the molecule is CC(O)CC(NC(=S)c1ccc(F)cc1)c1ccccc1. The minimum absolute atomic E-state index is 0.0799. The molecule has 0 aromatic heterocycles. The third kappa shape index (κ3) is 4.62. The number of thiocarbonyl (C=S) groups is 1. The van der Waals surface area contributed by atoms with Crippen LogP contribution in [0.4, 0.5) is 4.39 Å². The highest BCUT2D eigenvalue weighted by atomic mass is 32.1. The molecule has 0 radical (unpaired) electrons. The Hall–Kier alpha value is -1.78. The first-order chi connectivity index (χ1) is 10.1. The lowest BCUT2D eigenvalue weighted by atomic mass is 10.0. The number of aliphatic hydroxyl groups excluding tert-OH is 1. The van der Waals surface area contributed by atoms with E-state index in [1.807, 2.05) is 30.3 Å². The summed E-state index contributed by atoms with van der Waals surface area (Å²) in [5.41, 5.74) is 1.82. The van der Waals surface area contributed by atoms with Crippen LogP contribution in [0, 0.1) is 5.82 Å². The molecule has 2 nitrogen and oxygen atoms in total. The molecule has 2 rings (SSSR count). The molecule has 2 atom stereocenters. The van der Waals surface area contributed by atoms with Crippen molar-refractivity contribution in [3.05, 3.63) is 71.5 Å². The predicted molar refractivity (Wildman–Crippen MR) is 86.7 cm³/mol. The van der Waals surface area contributed by atoms with Crippen LogP contribution in [0.1, 0.15) is 30.5 Å². The van der Waals surface area contributed by atoms with Gasteiger partial charge >= 0.3 is 0 Å². The fourth-order valence-corrected chi connectivity index (χ4v) is 2.43. The maximum atomic E-state index is 13.0. The van der Waals surface area contributed by atoms with E-state index < -0.39 is 6.10 Å². The second kappa shape index (κ2) is 7.29. The second-order valence-electron chi connectivity index (χ2n) is 5.03. The van der Waals surface area contributed by atoms with E-state index in [9.17, 15) is 9.50 Å². The highest BCUT2D eigenvalue weighted by molar-refractivity contribution is 7.80. The topological polar surface area (TPSA) is 32.3 Å². The summed E-state index contributed by atoms with van der Waals surface area (Å²) in [5.74, 6) is -0.287. The summed E-state index contributed by atoms with van der Waals surface area (Å²) in [4.78, 5) is 0.546. The molecular formula is C17H18FNOS. The standard InChI is InChI=1S/C17H18FNOS/c1-12(20)11-16(13-5-3-2-4-6-13)19-17(21)14-7-9-15(18)10-8-14/h2-10,12,16,20H,11H2,1H3,(H,19,21). The fourth-order valence-electron chi connectivity index (χ4n) is 2.15. The summed E-state index contributed by atoms with van der Waals surface area (Å²) >= 11 is 5.38. The largest absolute Gasteiger partial charge is 0.393 e. The lowest BCUT2D eigenvalue weighted by Crippen LogP contribution is -2.30. The van der Waals surface area contributed by atoms with Crippen LogP contribution >= 0.6 is 12.2 Å². The van der Waals surface area contributed by atoms with E-state index in [2.05, 4.69) is 5.32 Å². The first-order valence-electron chi connectivity index (χ1n) is 6.85. The zero-order chi connectivity index (χ0) is 15.2. The molecule has 21 heavy (non-hydrogen) atoms. The molecule has 0 aliphatic heterocycles. The van der Waals surface area contributed by atoms with E-state index in [0.29, 0.717) is 11.4 Å². The van der Waals surface area contributed by atoms with E-state index in [1.165, 1.54) is 12.1 Å². The molecule has 0 fully saturated rings. The van der Waals surface area contributed by atoms with Crippen LogP contribution < -0.4 is 5.32 Å². The average Bonchev–Trinajstić information content (AvgIpc) is 2.47. The smallest absolute Gasteiger partial charge is 0.123 e. The summed E-state index contributed by atoms with van der Waals surface area (Å²) < 4.78 is 13.0. The minimum Gasteiger partial charge on any atom is -0.393 e. The van der Waals surface area contributed by atoms with Gasteiger partial charge in [-0.15, -0.1) is 0 Å². The van der Waals surface area contributed by atoms with Gasteiger partial charge in [-0.05, 0) is 43.2 Å². The predicted octanol–water partition coefficient (Wildman–Crippen LogP) is 3.60. The Kier molecular flexibility index (Phi) is 5.42. The van der Waals surface area contributed by atoms with Crippen molar-refractivity contribution in [1.29, 1.82) is 0 Å². The van der Waals surface area contributed by atoms with Crippen LogP contribution in [0.15, 0.2) is 54.6 Å². The number of nitrogens with one attached hydrogen (secondary N) is 1. The third-order valence-electron chi connectivity index (χ3n) is 3.19. The van der Waals surface area contributed by atoms with Crippen molar-refractivity contribution in [1.82, 2.24) is 5.32 Å². The molecule has 0 heterocycles. The van der Waals surface area contributed by atoms with Crippen LogP contribution in [0.3, 0.4) is 0 Å². The normalized spacial score (nSPS) is 13.5. The fraction of sp³-hybridized carbons (Fsp3) is 0.235. The van der Waals surface area contributed by atoms with Crippen LogP contribution in [-0.4, -0.2) is 16.2 Å². The van der Waals surface area contributed by atoms with Crippen molar-refractivity contribution in [2.45, 2.75) is 25.5 Å². The van der Waals surface area contributed by atoms with E-state index in [-0.39, 0.29) is 11.9 Å². The third-order valence-corrected chi connectivity index (χ3v) is 3.54. The van der Waals surface area contributed by atoms with Gasteiger partial charge in [-0.3, -0.25) is 0 Å².